The lowest BCUT2D eigenvalue weighted by Gasteiger charge is -2.27. The lowest BCUT2D eigenvalue weighted by molar-refractivity contribution is 0.370. The Balaban J connectivity index is 1.68. The first-order valence-corrected chi connectivity index (χ1v) is 7.37. The van der Waals surface area contributed by atoms with E-state index in [2.05, 4.69) is 24.0 Å². The van der Waals surface area contributed by atoms with E-state index in [9.17, 15) is 0 Å². The molecule has 1 atom stereocenters. The van der Waals surface area contributed by atoms with E-state index in [1.807, 2.05) is 0 Å². The van der Waals surface area contributed by atoms with E-state index in [0.29, 0.717) is 0 Å². The van der Waals surface area contributed by atoms with Crippen LogP contribution in [0, 0.1) is 5.92 Å². The van der Waals surface area contributed by atoms with E-state index in [-0.39, 0.29) is 0 Å². The summed E-state index contributed by atoms with van der Waals surface area (Å²) in [6.45, 7) is 2.33. The van der Waals surface area contributed by atoms with Crippen LogP contribution in [0.5, 0.6) is 0 Å². The van der Waals surface area contributed by atoms with Crippen molar-refractivity contribution in [3.63, 3.8) is 0 Å². The molecule has 0 aromatic rings. The van der Waals surface area contributed by atoms with Gasteiger partial charge in [0.05, 0.1) is 0 Å². The average Bonchev–Trinajstić information content (AvgIpc) is 3.02. The second-order valence-corrected chi connectivity index (χ2v) is 6.06. The molecule has 2 aliphatic rings. The van der Waals surface area contributed by atoms with Crippen LogP contribution >= 0.6 is 11.8 Å². The van der Waals surface area contributed by atoms with Crippen LogP contribution in [0.2, 0.25) is 0 Å². The standard InChI is InChI=1S/C12H23NS/c1-2-11(9-10-3-4-10)13-12-5-7-14-8-6-12/h10-13H,2-9H2,1H3. The van der Waals surface area contributed by atoms with Gasteiger partial charge in [-0.3, -0.25) is 0 Å². The molecule has 0 spiro atoms. The molecule has 0 aromatic carbocycles. The molecule has 1 aliphatic heterocycles. The number of hydrogen-bond acceptors (Lipinski definition) is 2. The van der Waals surface area contributed by atoms with Crippen LogP contribution in [0.4, 0.5) is 0 Å². The van der Waals surface area contributed by atoms with E-state index < -0.39 is 0 Å². The van der Waals surface area contributed by atoms with Crippen molar-refractivity contribution in [1.82, 2.24) is 5.32 Å². The summed E-state index contributed by atoms with van der Waals surface area (Å²) in [5.74, 6) is 3.82. The highest BCUT2D eigenvalue weighted by molar-refractivity contribution is 7.99. The van der Waals surface area contributed by atoms with Crippen molar-refractivity contribution in [2.45, 2.75) is 57.5 Å². The maximum absolute atomic E-state index is 3.86. The van der Waals surface area contributed by atoms with Crippen LogP contribution in [-0.4, -0.2) is 23.6 Å². The van der Waals surface area contributed by atoms with Crippen molar-refractivity contribution in [3.05, 3.63) is 0 Å². The minimum absolute atomic E-state index is 0.815. The quantitative estimate of drug-likeness (QED) is 0.753. The molecule has 2 heteroatoms. The highest BCUT2D eigenvalue weighted by atomic mass is 32.2. The van der Waals surface area contributed by atoms with Gasteiger partial charge in [0.15, 0.2) is 0 Å². The molecule has 1 aliphatic carbocycles. The lowest BCUT2D eigenvalue weighted by Crippen LogP contribution is -2.40. The Morgan fingerprint density at radius 3 is 2.50 bits per heavy atom. The van der Waals surface area contributed by atoms with Gasteiger partial charge in [-0.1, -0.05) is 19.8 Å². The Morgan fingerprint density at radius 2 is 1.93 bits per heavy atom. The van der Waals surface area contributed by atoms with E-state index >= 15 is 0 Å². The monoisotopic (exact) mass is 213 g/mol. The molecule has 1 nitrogen and oxygen atoms in total. The first-order valence-electron chi connectivity index (χ1n) is 6.22. The fraction of sp³-hybridized carbons (Fsp3) is 1.00. The van der Waals surface area contributed by atoms with Gasteiger partial charge in [0, 0.05) is 12.1 Å². The molecule has 2 fully saturated rings. The average molecular weight is 213 g/mol. The third-order valence-electron chi connectivity index (χ3n) is 3.50. The Labute approximate surface area is 92.4 Å². The molecule has 1 saturated carbocycles. The third-order valence-corrected chi connectivity index (χ3v) is 4.55. The van der Waals surface area contributed by atoms with Gasteiger partial charge in [-0.05, 0) is 43.1 Å². The second kappa shape index (κ2) is 5.41. The van der Waals surface area contributed by atoms with Gasteiger partial charge in [0.1, 0.15) is 0 Å². The Kier molecular flexibility index (Phi) is 4.18. The molecular weight excluding hydrogens is 190 g/mol. The lowest BCUT2D eigenvalue weighted by atomic mass is 10.0. The maximum Gasteiger partial charge on any atom is 0.00853 e. The summed E-state index contributed by atoms with van der Waals surface area (Å²) in [6, 6.07) is 1.65. The van der Waals surface area contributed by atoms with E-state index in [1.54, 1.807) is 0 Å². The summed E-state index contributed by atoms with van der Waals surface area (Å²) in [5.41, 5.74) is 0. The number of rotatable bonds is 5. The van der Waals surface area contributed by atoms with Crippen molar-refractivity contribution < 1.29 is 0 Å². The van der Waals surface area contributed by atoms with Gasteiger partial charge < -0.3 is 5.32 Å². The molecule has 82 valence electrons. The molecule has 0 radical (unpaired) electrons. The van der Waals surface area contributed by atoms with Crippen LogP contribution in [0.1, 0.15) is 45.4 Å². The topological polar surface area (TPSA) is 12.0 Å². The van der Waals surface area contributed by atoms with Gasteiger partial charge in [-0.25, -0.2) is 0 Å². The zero-order valence-corrected chi connectivity index (χ0v) is 10.1. The van der Waals surface area contributed by atoms with Crippen molar-refractivity contribution in [1.29, 1.82) is 0 Å². The Bertz CT molecular complexity index is 162. The molecular formula is C12H23NS. The first-order chi connectivity index (χ1) is 6.88. The van der Waals surface area contributed by atoms with Crippen molar-refractivity contribution in [3.8, 4) is 0 Å². The van der Waals surface area contributed by atoms with Crippen molar-refractivity contribution in [2.75, 3.05) is 11.5 Å². The normalized spacial score (nSPS) is 26.4. The minimum Gasteiger partial charge on any atom is -0.311 e. The molecule has 1 unspecified atom stereocenters. The van der Waals surface area contributed by atoms with Gasteiger partial charge in [0.25, 0.3) is 0 Å². The fourth-order valence-electron chi connectivity index (χ4n) is 2.31. The first kappa shape index (κ1) is 10.8. The summed E-state index contributed by atoms with van der Waals surface area (Å²) >= 11 is 2.12. The molecule has 0 aromatic heterocycles. The second-order valence-electron chi connectivity index (χ2n) is 4.84. The van der Waals surface area contributed by atoms with Crippen LogP contribution in [0.3, 0.4) is 0 Å². The van der Waals surface area contributed by atoms with Crippen molar-refractivity contribution in [2.24, 2.45) is 5.92 Å². The van der Waals surface area contributed by atoms with Crippen LogP contribution in [0.25, 0.3) is 0 Å². The van der Waals surface area contributed by atoms with Gasteiger partial charge in [-0.15, -0.1) is 0 Å². The predicted molar refractivity (Wildman–Crippen MR) is 64.9 cm³/mol. The SMILES string of the molecule is CCC(CC1CC1)NC1CCSCC1. The summed E-state index contributed by atoms with van der Waals surface area (Å²) in [6.07, 6.45) is 8.55. The molecule has 2 rings (SSSR count). The summed E-state index contributed by atoms with van der Waals surface area (Å²) in [5, 5.41) is 3.86. The molecule has 14 heavy (non-hydrogen) atoms. The zero-order chi connectivity index (χ0) is 9.80. The van der Waals surface area contributed by atoms with Gasteiger partial charge in [0.2, 0.25) is 0 Å². The predicted octanol–water partition coefficient (Wildman–Crippen LogP) is 3.05. The Morgan fingerprint density at radius 1 is 1.21 bits per heavy atom. The molecule has 1 N–H and O–H groups in total. The largest absolute Gasteiger partial charge is 0.311 e. The van der Waals surface area contributed by atoms with Crippen LogP contribution in [0.15, 0.2) is 0 Å². The minimum atomic E-state index is 0.815. The smallest absolute Gasteiger partial charge is 0.00853 e. The highest BCUT2D eigenvalue weighted by Gasteiger charge is 2.26. The maximum atomic E-state index is 3.86. The third kappa shape index (κ3) is 3.47. The molecule has 0 bridgehead atoms. The van der Waals surface area contributed by atoms with Crippen LogP contribution < -0.4 is 5.32 Å². The summed E-state index contributed by atoms with van der Waals surface area (Å²) in [7, 11) is 0. The van der Waals surface area contributed by atoms with Gasteiger partial charge >= 0.3 is 0 Å². The van der Waals surface area contributed by atoms with Crippen molar-refractivity contribution >= 4 is 11.8 Å². The fourth-order valence-corrected chi connectivity index (χ4v) is 3.41. The molecule has 1 saturated heterocycles. The van der Waals surface area contributed by atoms with Gasteiger partial charge in [-0.2, -0.15) is 11.8 Å². The van der Waals surface area contributed by atoms with E-state index in [0.717, 1.165) is 18.0 Å². The number of nitrogens with one attached hydrogen (secondary N) is 1. The number of hydrogen-bond donors (Lipinski definition) is 1. The van der Waals surface area contributed by atoms with Crippen LogP contribution in [-0.2, 0) is 0 Å². The van der Waals surface area contributed by atoms with E-state index in [1.165, 1.54) is 50.0 Å². The highest BCUT2D eigenvalue weighted by Crippen LogP contribution is 2.34. The Hall–Kier alpha value is 0.310. The molecule has 0 amide bonds. The molecule has 1 heterocycles. The summed E-state index contributed by atoms with van der Waals surface area (Å²) < 4.78 is 0. The zero-order valence-electron chi connectivity index (χ0n) is 9.30. The number of thioether (sulfide) groups is 1. The van der Waals surface area contributed by atoms with E-state index in [4.69, 9.17) is 0 Å². The summed E-state index contributed by atoms with van der Waals surface area (Å²) in [4.78, 5) is 0.